The second-order valence-electron chi connectivity index (χ2n) is 6.22. The van der Waals surface area contributed by atoms with Gasteiger partial charge in [0.05, 0.1) is 6.54 Å². The van der Waals surface area contributed by atoms with Crippen molar-refractivity contribution in [2.24, 2.45) is 0 Å². The summed E-state index contributed by atoms with van der Waals surface area (Å²) in [4.78, 5) is 23.3. The first-order valence-corrected chi connectivity index (χ1v) is 8.62. The summed E-state index contributed by atoms with van der Waals surface area (Å²) in [5, 5.41) is 13.1. The van der Waals surface area contributed by atoms with Crippen LogP contribution >= 0.6 is 0 Å². The minimum Gasteiger partial charge on any atom is -0.465 e. The highest BCUT2D eigenvalue weighted by atomic mass is 16.5. The number of pyridine rings is 1. The highest BCUT2D eigenvalue weighted by Crippen LogP contribution is 2.20. The lowest BCUT2D eigenvalue weighted by Gasteiger charge is -2.36. The van der Waals surface area contributed by atoms with Crippen LogP contribution in [0.3, 0.4) is 0 Å². The molecular weight excluding hydrogens is 322 g/mol. The first-order valence-electron chi connectivity index (χ1n) is 8.62. The summed E-state index contributed by atoms with van der Waals surface area (Å²) in [7, 11) is 0. The number of rotatable bonds is 6. The number of amides is 1. The summed E-state index contributed by atoms with van der Waals surface area (Å²) in [5.41, 5.74) is 0.877. The van der Waals surface area contributed by atoms with Gasteiger partial charge in [0.2, 0.25) is 11.7 Å². The van der Waals surface area contributed by atoms with E-state index in [9.17, 15) is 4.79 Å². The fourth-order valence-corrected chi connectivity index (χ4v) is 3.21. The summed E-state index contributed by atoms with van der Waals surface area (Å²) in [5.74, 6) is 1.15. The first-order chi connectivity index (χ1) is 12.2. The SMILES string of the molecule is CCCN(Cc1nc(-c2ccncc2)no1)C1CCN(C(=O)O)CC1. The van der Waals surface area contributed by atoms with E-state index in [0.29, 0.717) is 37.4 Å². The van der Waals surface area contributed by atoms with Crippen molar-refractivity contribution < 1.29 is 14.4 Å². The molecule has 3 rings (SSSR count). The molecule has 1 saturated heterocycles. The molecule has 0 spiro atoms. The molecule has 8 nitrogen and oxygen atoms in total. The molecular formula is C17H23N5O3. The minimum atomic E-state index is -0.834. The molecule has 3 heterocycles. The Morgan fingerprint density at radius 3 is 2.72 bits per heavy atom. The van der Waals surface area contributed by atoms with Crippen LogP contribution in [0.4, 0.5) is 4.79 Å². The van der Waals surface area contributed by atoms with Gasteiger partial charge in [-0.1, -0.05) is 12.1 Å². The Labute approximate surface area is 146 Å². The van der Waals surface area contributed by atoms with Crippen LogP contribution in [0.1, 0.15) is 32.1 Å². The Kier molecular flexibility index (Phi) is 5.60. The van der Waals surface area contributed by atoms with Crippen molar-refractivity contribution in [1.29, 1.82) is 0 Å². The van der Waals surface area contributed by atoms with Gasteiger partial charge in [-0.05, 0) is 37.9 Å². The van der Waals surface area contributed by atoms with Gasteiger partial charge >= 0.3 is 6.09 Å². The largest absolute Gasteiger partial charge is 0.465 e. The zero-order chi connectivity index (χ0) is 17.6. The molecule has 1 fully saturated rings. The van der Waals surface area contributed by atoms with E-state index in [0.717, 1.165) is 31.4 Å². The van der Waals surface area contributed by atoms with Crippen molar-refractivity contribution >= 4 is 6.09 Å². The Hall–Kier alpha value is -2.48. The molecule has 0 aliphatic carbocycles. The number of hydrogen-bond donors (Lipinski definition) is 1. The lowest BCUT2D eigenvalue weighted by molar-refractivity contribution is 0.0852. The molecule has 134 valence electrons. The molecule has 2 aromatic heterocycles. The minimum absolute atomic E-state index is 0.340. The van der Waals surface area contributed by atoms with Gasteiger partial charge in [0.25, 0.3) is 0 Å². The molecule has 8 heteroatoms. The van der Waals surface area contributed by atoms with E-state index < -0.39 is 6.09 Å². The average molecular weight is 345 g/mol. The van der Waals surface area contributed by atoms with Gasteiger partial charge in [-0.2, -0.15) is 4.98 Å². The van der Waals surface area contributed by atoms with Crippen molar-refractivity contribution in [3.63, 3.8) is 0 Å². The van der Waals surface area contributed by atoms with Crippen LogP contribution in [0.5, 0.6) is 0 Å². The Bertz CT molecular complexity index is 683. The molecule has 0 saturated carbocycles. The third-order valence-electron chi connectivity index (χ3n) is 4.51. The lowest BCUT2D eigenvalue weighted by atomic mass is 10.0. The second-order valence-corrected chi connectivity index (χ2v) is 6.22. The topological polar surface area (TPSA) is 95.6 Å². The van der Waals surface area contributed by atoms with Crippen molar-refractivity contribution in [1.82, 2.24) is 24.9 Å². The smallest absolute Gasteiger partial charge is 0.407 e. The van der Waals surface area contributed by atoms with E-state index in [1.807, 2.05) is 12.1 Å². The zero-order valence-electron chi connectivity index (χ0n) is 14.3. The van der Waals surface area contributed by atoms with E-state index in [4.69, 9.17) is 9.63 Å². The van der Waals surface area contributed by atoms with Gasteiger partial charge in [-0.3, -0.25) is 9.88 Å². The van der Waals surface area contributed by atoms with Gasteiger partial charge in [0.15, 0.2) is 0 Å². The van der Waals surface area contributed by atoms with Crippen LogP contribution in [0.15, 0.2) is 29.0 Å². The van der Waals surface area contributed by atoms with Crippen LogP contribution in [0, 0.1) is 0 Å². The maximum absolute atomic E-state index is 11.1. The fraction of sp³-hybridized carbons (Fsp3) is 0.529. The highest BCUT2D eigenvalue weighted by molar-refractivity contribution is 5.65. The monoisotopic (exact) mass is 345 g/mol. The molecule has 1 aliphatic heterocycles. The molecule has 1 aliphatic rings. The Morgan fingerprint density at radius 2 is 2.08 bits per heavy atom. The number of aromatic nitrogens is 3. The summed E-state index contributed by atoms with van der Waals surface area (Å²) in [6.07, 6.45) is 5.25. The predicted molar refractivity (Wildman–Crippen MR) is 90.8 cm³/mol. The number of carboxylic acid groups (broad SMARTS) is 1. The molecule has 0 radical (unpaired) electrons. The third-order valence-corrected chi connectivity index (χ3v) is 4.51. The van der Waals surface area contributed by atoms with E-state index in [1.165, 1.54) is 4.90 Å². The Morgan fingerprint density at radius 1 is 1.36 bits per heavy atom. The zero-order valence-corrected chi connectivity index (χ0v) is 14.3. The van der Waals surface area contributed by atoms with Crippen molar-refractivity contribution in [3.8, 4) is 11.4 Å². The van der Waals surface area contributed by atoms with E-state index in [-0.39, 0.29) is 0 Å². The molecule has 2 aromatic rings. The number of hydrogen-bond acceptors (Lipinski definition) is 6. The fourth-order valence-electron chi connectivity index (χ4n) is 3.21. The summed E-state index contributed by atoms with van der Waals surface area (Å²) < 4.78 is 5.42. The maximum Gasteiger partial charge on any atom is 0.407 e. The van der Waals surface area contributed by atoms with E-state index >= 15 is 0 Å². The molecule has 0 bridgehead atoms. The normalized spacial score (nSPS) is 15.7. The number of likely N-dealkylation sites (tertiary alicyclic amines) is 1. The van der Waals surface area contributed by atoms with Gasteiger partial charge in [0, 0.05) is 37.1 Å². The molecule has 1 N–H and O–H groups in total. The molecule has 0 aromatic carbocycles. The predicted octanol–water partition coefficient (Wildman–Crippen LogP) is 2.49. The van der Waals surface area contributed by atoms with Gasteiger partial charge in [0.1, 0.15) is 0 Å². The number of carbonyl (C=O) groups is 1. The quantitative estimate of drug-likeness (QED) is 0.859. The lowest BCUT2D eigenvalue weighted by Crippen LogP contribution is -2.46. The van der Waals surface area contributed by atoms with E-state index in [1.54, 1.807) is 12.4 Å². The molecule has 1 amide bonds. The average Bonchev–Trinajstić information content (AvgIpc) is 3.11. The van der Waals surface area contributed by atoms with Crippen LogP contribution < -0.4 is 0 Å². The van der Waals surface area contributed by atoms with Gasteiger partial charge < -0.3 is 14.5 Å². The van der Waals surface area contributed by atoms with Crippen LogP contribution in [0.2, 0.25) is 0 Å². The molecule has 0 unspecified atom stereocenters. The highest BCUT2D eigenvalue weighted by Gasteiger charge is 2.27. The van der Waals surface area contributed by atoms with E-state index in [2.05, 4.69) is 26.9 Å². The summed E-state index contributed by atoms with van der Waals surface area (Å²) >= 11 is 0. The van der Waals surface area contributed by atoms with Crippen molar-refractivity contribution in [3.05, 3.63) is 30.4 Å². The Balaban J connectivity index is 1.64. The van der Waals surface area contributed by atoms with Crippen molar-refractivity contribution in [2.45, 2.75) is 38.8 Å². The van der Waals surface area contributed by atoms with Crippen molar-refractivity contribution in [2.75, 3.05) is 19.6 Å². The van der Waals surface area contributed by atoms with Gasteiger partial charge in [-0.25, -0.2) is 4.79 Å². The third kappa shape index (κ3) is 4.33. The first kappa shape index (κ1) is 17.3. The number of piperidine rings is 1. The summed E-state index contributed by atoms with van der Waals surface area (Å²) in [6.45, 7) is 4.79. The molecule has 0 atom stereocenters. The van der Waals surface area contributed by atoms with Crippen LogP contribution in [0.25, 0.3) is 11.4 Å². The number of nitrogens with zero attached hydrogens (tertiary/aromatic N) is 5. The van der Waals surface area contributed by atoms with Gasteiger partial charge in [-0.15, -0.1) is 0 Å². The molecule has 25 heavy (non-hydrogen) atoms. The summed E-state index contributed by atoms with van der Waals surface area (Å²) in [6, 6.07) is 4.03. The van der Waals surface area contributed by atoms with Crippen LogP contribution in [-0.2, 0) is 6.54 Å². The second kappa shape index (κ2) is 8.06. The van der Waals surface area contributed by atoms with Crippen LogP contribution in [-0.4, -0.2) is 61.8 Å². The standard InChI is InChI=1S/C17H23N5O3/c1-2-9-22(14-5-10-21(11-6-14)17(23)24)12-15-19-16(20-25-15)13-3-7-18-8-4-13/h3-4,7-8,14H,2,5-6,9-12H2,1H3,(H,23,24). The maximum atomic E-state index is 11.1.